The van der Waals surface area contributed by atoms with E-state index in [0.29, 0.717) is 31.8 Å². The fourth-order valence-corrected chi connectivity index (χ4v) is 1.66. The third kappa shape index (κ3) is 3.68. The summed E-state index contributed by atoms with van der Waals surface area (Å²) in [6.45, 7) is 2.87. The highest BCUT2D eigenvalue weighted by Crippen LogP contribution is 2.30. The molecule has 0 saturated heterocycles. The Labute approximate surface area is 101 Å². The van der Waals surface area contributed by atoms with E-state index in [0.717, 1.165) is 11.1 Å². The van der Waals surface area contributed by atoms with E-state index in [9.17, 15) is 4.39 Å². The van der Waals surface area contributed by atoms with Crippen molar-refractivity contribution < 1.29 is 13.9 Å². The van der Waals surface area contributed by atoms with Crippen molar-refractivity contribution in [3.05, 3.63) is 34.2 Å². The van der Waals surface area contributed by atoms with Gasteiger partial charge in [-0.1, -0.05) is 0 Å². The minimum absolute atomic E-state index is 0.136. The summed E-state index contributed by atoms with van der Waals surface area (Å²) >= 11 is 4.11. The number of ether oxygens (including phenoxy) is 2. The molecule has 0 unspecified atom stereocenters. The van der Waals surface area contributed by atoms with Gasteiger partial charge in [-0.15, -0.1) is 0 Å². The van der Waals surface area contributed by atoms with E-state index in [1.54, 1.807) is 12.5 Å². The van der Waals surface area contributed by atoms with Crippen molar-refractivity contribution in [1.82, 2.24) is 0 Å². The van der Waals surface area contributed by atoms with E-state index in [1.807, 2.05) is 6.92 Å². The van der Waals surface area contributed by atoms with E-state index in [-0.39, 0.29) is 5.83 Å². The van der Waals surface area contributed by atoms with E-state index < -0.39 is 0 Å². The minimum Gasteiger partial charge on any atom is -0.491 e. The van der Waals surface area contributed by atoms with Crippen LogP contribution in [0.2, 0.25) is 0 Å². The van der Waals surface area contributed by atoms with Crippen LogP contribution in [0.25, 0.3) is 0 Å². The third-order valence-corrected chi connectivity index (χ3v) is 2.80. The molecule has 0 aliphatic heterocycles. The molecule has 0 heterocycles. The zero-order valence-corrected chi connectivity index (χ0v) is 10.5. The number of allylic oxidation sites excluding steroid dienone is 4. The van der Waals surface area contributed by atoms with Crippen LogP contribution in [0.15, 0.2) is 34.2 Å². The van der Waals surface area contributed by atoms with Crippen molar-refractivity contribution in [1.29, 1.82) is 0 Å². The van der Waals surface area contributed by atoms with Crippen LogP contribution in [0.4, 0.5) is 4.39 Å². The topological polar surface area (TPSA) is 18.5 Å². The molecule has 0 amide bonds. The van der Waals surface area contributed by atoms with Gasteiger partial charge in [0.25, 0.3) is 0 Å². The molecule has 0 aromatic carbocycles. The highest BCUT2D eigenvalue weighted by molar-refractivity contribution is 7.83. The SMILES string of the molecule is COCCOC1=C(/C(C)=C\S)CCC(F)=C1. The van der Waals surface area contributed by atoms with Crippen molar-refractivity contribution in [2.75, 3.05) is 20.3 Å². The largest absolute Gasteiger partial charge is 0.491 e. The summed E-state index contributed by atoms with van der Waals surface area (Å²) in [7, 11) is 1.61. The van der Waals surface area contributed by atoms with Gasteiger partial charge in [-0.2, -0.15) is 12.6 Å². The van der Waals surface area contributed by atoms with Gasteiger partial charge < -0.3 is 9.47 Å². The normalized spacial score (nSPS) is 17.5. The van der Waals surface area contributed by atoms with Crippen molar-refractivity contribution in [2.24, 2.45) is 0 Å². The van der Waals surface area contributed by atoms with Gasteiger partial charge in [-0.3, -0.25) is 0 Å². The molecule has 90 valence electrons. The smallest absolute Gasteiger partial charge is 0.125 e. The zero-order valence-electron chi connectivity index (χ0n) is 9.62. The third-order valence-electron chi connectivity index (χ3n) is 2.41. The Balaban J connectivity index is 2.80. The molecule has 4 heteroatoms. The summed E-state index contributed by atoms with van der Waals surface area (Å²) < 4.78 is 23.5. The maximum Gasteiger partial charge on any atom is 0.125 e. The number of rotatable bonds is 5. The van der Waals surface area contributed by atoms with Gasteiger partial charge in [0.15, 0.2) is 0 Å². The minimum atomic E-state index is -0.136. The number of methoxy groups -OCH3 is 1. The summed E-state index contributed by atoms with van der Waals surface area (Å²) in [4.78, 5) is 0. The standard InChI is InChI=1S/C12H17FO2S/c1-9(8-16)11-4-3-10(13)7-12(11)15-6-5-14-2/h7-8,16H,3-6H2,1-2H3/b9-8-. The van der Waals surface area contributed by atoms with E-state index in [1.165, 1.54) is 6.08 Å². The molecule has 0 aromatic rings. The summed E-state index contributed by atoms with van der Waals surface area (Å²) in [6, 6.07) is 0. The van der Waals surface area contributed by atoms with Crippen molar-refractivity contribution in [3.63, 3.8) is 0 Å². The van der Waals surface area contributed by atoms with Gasteiger partial charge in [-0.25, -0.2) is 4.39 Å². The Morgan fingerprint density at radius 3 is 2.88 bits per heavy atom. The first-order valence-corrected chi connectivity index (χ1v) is 5.73. The first-order valence-electron chi connectivity index (χ1n) is 5.21. The molecule has 0 saturated carbocycles. The quantitative estimate of drug-likeness (QED) is 0.590. The van der Waals surface area contributed by atoms with Gasteiger partial charge in [0.2, 0.25) is 0 Å². The van der Waals surface area contributed by atoms with E-state index in [4.69, 9.17) is 9.47 Å². The number of halogens is 1. The molecule has 0 bridgehead atoms. The molecule has 0 atom stereocenters. The fraction of sp³-hybridized carbons (Fsp3) is 0.500. The van der Waals surface area contributed by atoms with Gasteiger partial charge in [0, 0.05) is 19.6 Å². The maximum atomic E-state index is 13.2. The Kier molecular flexibility index (Phi) is 5.63. The molecule has 0 fully saturated rings. The van der Waals surface area contributed by atoms with Crippen molar-refractivity contribution >= 4 is 12.6 Å². The highest BCUT2D eigenvalue weighted by atomic mass is 32.1. The second kappa shape index (κ2) is 6.76. The zero-order chi connectivity index (χ0) is 12.0. The molecule has 1 aliphatic carbocycles. The highest BCUT2D eigenvalue weighted by Gasteiger charge is 2.15. The van der Waals surface area contributed by atoms with Gasteiger partial charge in [0.05, 0.1) is 6.61 Å². The Hall–Kier alpha value is -0.740. The van der Waals surface area contributed by atoms with Crippen LogP contribution in [0.3, 0.4) is 0 Å². The molecule has 0 aromatic heterocycles. The van der Waals surface area contributed by atoms with E-state index >= 15 is 0 Å². The lowest BCUT2D eigenvalue weighted by Gasteiger charge is -2.18. The molecular formula is C12H17FO2S. The van der Waals surface area contributed by atoms with Crippen LogP contribution in [-0.4, -0.2) is 20.3 Å². The monoisotopic (exact) mass is 244 g/mol. The first kappa shape index (κ1) is 13.3. The van der Waals surface area contributed by atoms with Gasteiger partial charge in [0.1, 0.15) is 18.2 Å². The Bertz CT molecular complexity index is 332. The van der Waals surface area contributed by atoms with Crippen LogP contribution >= 0.6 is 12.6 Å². The Morgan fingerprint density at radius 2 is 2.25 bits per heavy atom. The first-order chi connectivity index (χ1) is 7.69. The number of hydrogen-bond acceptors (Lipinski definition) is 3. The fourth-order valence-electron chi connectivity index (χ4n) is 1.50. The van der Waals surface area contributed by atoms with Crippen molar-refractivity contribution in [2.45, 2.75) is 19.8 Å². The molecular weight excluding hydrogens is 227 g/mol. The van der Waals surface area contributed by atoms with Crippen LogP contribution in [0.1, 0.15) is 19.8 Å². The van der Waals surface area contributed by atoms with Crippen LogP contribution in [-0.2, 0) is 9.47 Å². The summed E-state index contributed by atoms with van der Waals surface area (Å²) in [6.07, 6.45) is 2.55. The molecule has 0 radical (unpaired) electrons. The number of thiol groups is 1. The summed E-state index contributed by atoms with van der Waals surface area (Å²) in [5.41, 5.74) is 2.03. The predicted molar refractivity (Wildman–Crippen MR) is 66.0 cm³/mol. The molecule has 1 aliphatic rings. The second-order valence-electron chi connectivity index (χ2n) is 3.59. The van der Waals surface area contributed by atoms with Crippen LogP contribution in [0.5, 0.6) is 0 Å². The lowest BCUT2D eigenvalue weighted by Crippen LogP contribution is -2.06. The lowest BCUT2D eigenvalue weighted by molar-refractivity contribution is 0.112. The Morgan fingerprint density at radius 1 is 1.50 bits per heavy atom. The van der Waals surface area contributed by atoms with E-state index in [2.05, 4.69) is 12.6 Å². The van der Waals surface area contributed by atoms with Crippen molar-refractivity contribution in [3.8, 4) is 0 Å². The molecule has 2 nitrogen and oxygen atoms in total. The van der Waals surface area contributed by atoms with Gasteiger partial charge in [-0.05, 0) is 29.9 Å². The second-order valence-corrected chi connectivity index (χ2v) is 3.85. The molecule has 0 spiro atoms. The predicted octanol–water partition coefficient (Wildman–Crippen LogP) is 3.38. The van der Waals surface area contributed by atoms with Crippen LogP contribution in [0, 0.1) is 0 Å². The molecule has 0 N–H and O–H groups in total. The van der Waals surface area contributed by atoms with Gasteiger partial charge >= 0.3 is 0 Å². The molecule has 16 heavy (non-hydrogen) atoms. The number of hydrogen-bond donors (Lipinski definition) is 1. The van der Waals surface area contributed by atoms with Crippen LogP contribution < -0.4 is 0 Å². The average molecular weight is 244 g/mol. The maximum absolute atomic E-state index is 13.2. The summed E-state index contributed by atoms with van der Waals surface area (Å²) in [5.74, 6) is 0.465. The average Bonchev–Trinajstić information content (AvgIpc) is 2.29. The summed E-state index contributed by atoms with van der Waals surface area (Å²) in [5, 5.41) is 1.71. The molecule has 1 rings (SSSR count). The lowest BCUT2D eigenvalue weighted by atomic mass is 9.97.